The number of carbonyl (C=O) groups excluding carboxylic acids is 2. The van der Waals surface area contributed by atoms with Crippen LogP contribution in [0.1, 0.15) is 25.8 Å². The summed E-state index contributed by atoms with van der Waals surface area (Å²) in [7, 11) is -3.67. The lowest BCUT2D eigenvalue weighted by atomic mass is 10.2. The highest BCUT2D eigenvalue weighted by molar-refractivity contribution is 7.89. The van der Waals surface area contributed by atoms with Gasteiger partial charge in [-0.3, -0.25) is 9.78 Å². The SMILES string of the molecule is CCN(C(C)=O)[C@H]1CCN(S(=O)(=O)c2ccc(NC(=O)NCc3cccnc3)cc2)C1. The third-order valence-electron chi connectivity index (χ3n) is 5.24. The highest BCUT2D eigenvalue weighted by atomic mass is 32.2. The van der Waals surface area contributed by atoms with E-state index in [-0.39, 0.29) is 23.4 Å². The molecule has 1 aromatic carbocycles. The quantitative estimate of drug-likeness (QED) is 0.677. The number of rotatable bonds is 7. The number of nitrogens with zero attached hydrogens (tertiary/aromatic N) is 3. The van der Waals surface area contributed by atoms with Gasteiger partial charge in [-0.1, -0.05) is 6.07 Å². The first-order valence-corrected chi connectivity index (χ1v) is 11.6. The highest BCUT2D eigenvalue weighted by Crippen LogP contribution is 2.24. The van der Waals surface area contributed by atoms with Gasteiger partial charge in [0, 0.05) is 57.2 Å². The largest absolute Gasteiger partial charge is 0.339 e. The van der Waals surface area contributed by atoms with Gasteiger partial charge < -0.3 is 15.5 Å². The summed E-state index contributed by atoms with van der Waals surface area (Å²) in [6.07, 6.45) is 3.94. The average Bonchev–Trinajstić information content (AvgIpc) is 3.24. The Kier molecular flexibility index (Phi) is 7.24. The Morgan fingerprint density at radius 3 is 2.58 bits per heavy atom. The van der Waals surface area contributed by atoms with Crippen molar-refractivity contribution in [1.82, 2.24) is 19.5 Å². The average molecular weight is 446 g/mol. The zero-order valence-electron chi connectivity index (χ0n) is 17.6. The molecule has 0 bridgehead atoms. The molecule has 2 aromatic rings. The smallest absolute Gasteiger partial charge is 0.319 e. The molecule has 3 amide bonds. The molecule has 1 aliphatic rings. The van der Waals surface area contributed by atoms with Gasteiger partial charge in [-0.15, -0.1) is 0 Å². The molecule has 166 valence electrons. The van der Waals surface area contributed by atoms with Crippen LogP contribution in [0.5, 0.6) is 0 Å². The van der Waals surface area contributed by atoms with Crippen molar-refractivity contribution in [2.75, 3.05) is 25.0 Å². The van der Waals surface area contributed by atoms with Crippen molar-refractivity contribution in [3.8, 4) is 0 Å². The summed E-state index contributed by atoms with van der Waals surface area (Å²) in [6.45, 7) is 4.92. The summed E-state index contributed by atoms with van der Waals surface area (Å²) >= 11 is 0. The number of hydrogen-bond donors (Lipinski definition) is 2. The van der Waals surface area contributed by atoms with E-state index in [1.165, 1.54) is 23.4 Å². The van der Waals surface area contributed by atoms with E-state index >= 15 is 0 Å². The lowest BCUT2D eigenvalue weighted by Gasteiger charge is -2.26. The molecule has 31 heavy (non-hydrogen) atoms. The summed E-state index contributed by atoms with van der Waals surface area (Å²) in [4.78, 5) is 29.7. The van der Waals surface area contributed by atoms with Crippen LogP contribution in [0.15, 0.2) is 53.7 Å². The minimum Gasteiger partial charge on any atom is -0.339 e. The van der Waals surface area contributed by atoms with E-state index in [2.05, 4.69) is 15.6 Å². The van der Waals surface area contributed by atoms with Crippen molar-refractivity contribution in [2.24, 2.45) is 0 Å². The lowest BCUT2D eigenvalue weighted by molar-refractivity contribution is -0.130. The third-order valence-corrected chi connectivity index (χ3v) is 7.12. The monoisotopic (exact) mass is 445 g/mol. The normalized spacial score (nSPS) is 16.6. The number of sulfonamides is 1. The first-order valence-electron chi connectivity index (χ1n) is 10.1. The van der Waals surface area contributed by atoms with Crippen LogP contribution in [0.2, 0.25) is 0 Å². The number of amides is 3. The fraction of sp³-hybridized carbons (Fsp3) is 0.381. The highest BCUT2D eigenvalue weighted by Gasteiger charge is 2.35. The molecule has 1 saturated heterocycles. The third kappa shape index (κ3) is 5.59. The number of anilines is 1. The number of hydrogen-bond acceptors (Lipinski definition) is 5. The van der Waals surface area contributed by atoms with Gasteiger partial charge in [0.05, 0.1) is 4.90 Å². The summed E-state index contributed by atoms with van der Waals surface area (Å²) in [5.74, 6) is -0.0519. The number of pyridine rings is 1. The summed E-state index contributed by atoms with van der Waals surface area (Å²) in [6, 6.07) is 9.19. The van der Waals surface area contributed by atoms with E-state index in [1.54, 1.807) is 35.5 Å². The Morgan fingerprint density at radius 2 is 1.97 bits per heavy atom. The predicted octanol–water partition coefficient (Wildman–Crippen LogP) is 2.03. The van der Waals surface area contributed by atoms with Crippen LogP contribution >= 0.6 is 0 Å². The Labute approximate surface area is 182 Å². The van der Waals surface area contributed by atoms with Gasteiger partial charge in [-0.05, 0) is 49.2 Å². The molecule has 1 fully saturated rings. The van der Waals surface area contributed by atoms with Crippen molar-refractivity contribution >= 4 is 27.6 Å². The van der Waals surface area contributed by atoms with Crippen LogP contribution in [0.25, 0.3) is 0 Å². The van der Waals surface area contributed by atoms with E-state index in [4.69, 9.17) is 0 Å². The molecule has 3 rings (SSSR count). The van der Waals surface area contributed by atoms with Crippen molar-refractivity contribution < 1.29 is 18.0 Å². The molecule has 0 aliphatic carbocycles. The molecular weight excluding hydrogens is 418 g/mol. The van der Waals surface area contributed by atoms with Crippen LogP contribution in [0.3, 0.4) is 0 Å². The Hall–Kier alpha value is -2.98. The van der Waals surface area contributed by atoms with Crippen LogP contribution in [0, 0.1) is 0 Å². The topological polar surface area (TPSA) is 112 Å². The van der Waals surface area contributed by atoms with Crippen molar-refractivity contribution in [2.45, 2.75) is 37.8 Å². The van der Waals surface area contributed by atoms with Crippen molar-refractivity contribution in [1.29, 1.82) is 0 Å². The van der Waals surface area contributed by atoms with Gasteiger partial charge in [0.2, 0.25) is 15.9 Å². The molecule has 10 heteroatoms. The van der Waals surface area contributed by atoms with E-state index in [0.717, 1.165) is 5.56 Å². The maximum atomic E-state index is 13.0. The minimum absolute atomic E-state index is 0.0519. The Balaban J connectivity index is 1.58. The van der Waals surface area contributed by atoms with Crippen LogP contribution in [0.4, 0.5) is 10.5 Å². The van der Waals surface area contributed by atoms with Crippen LogP contribution in [-0.4, -0.2) is 60.2 Å². The molecule has 9 nitrogen and oxygen atoms in total. The molecule has 0 saturated carbocycles. The van der Waals surface area contributed by atoms with Gasteiger partial charge in [0.1, 0.15) is 0 Å². The molecule has 1 aliphatic heterocycles. The van der Waals surface area contributed by atoms with E-state index < -0.39 is 16.1 Å². The van der Waals surface area contributed by atoms with Crippen molar-refractivity contribution in [3.05, 3.63) is 54.4 Å². The summed E-state index contributed by atoms with van der Waals surface area (Å²) in [5, 5.41) is 5.40. The number of urea groups is 1. The predicted molar refractivity (Wildman–Crippen MR) is 117 cm³/mol. The fourth-order valence-electron chi connectivity index (χ4n) is 3.64. The molecule has 1 aromatic heterocycles. The van der Waals surface area contributed by atoms with E-state index in [1.807, 2.05) is 13.0 Å². The van der Waals surface area contributed by atoms with Gasteiger partial charge in [0.25, 0.3) is 0 Å². The Morgan fingerprint density at radius 1 is 1.23 bits per heavy atom. The first-order chi connectivity index (χ1) is 14.8. The van der Waals surface area contributed by atoms with Gasteiger partial charge in [-0.2, -0.15) is 4.31 Å². The van der Waals surface area contributed by atoms with Gasteiger partial charge in [-0.25, -0.2) is 13.2 Å². The van der Waals surface area contributed by atoms with Gasteiger partial charge in [0.15, 0.2) is 0 Å². The second-order valence-electron chi connectivity index (χ2n) is 7.30. The molecule has 2 heterocycles. The lowest BCUT2D eigenvalue weighted by Crippen LogP contribution is -2.41. The maximum absolute atomic E-state index is 13.0. The molecule has 0 spiro atoms. The summed E-state index contributed by atoms with van der Waals surface area (Å²) in [5.41, 5.74) is 1.35. The number of likely N-dealkylation sites (N-methyl/N-ethyl adjacent to an activating group) is 1. The van der Waals surface area contributed by atoms with Crippen LogP contribution in [-0.2, 0) is 21.4 Å². The second kappa shape index (κ2) is 9.88. The molecule has 2 N–H and O–H groups in total. The van der Waals surface area contributed by atoms with Crippen LogP contribution < -0.4 is 10.6 Å². The maximum Gasteiger partial charge on any atom is 0.319 e. The zero-order valence-corrected chi connectivity index (χ0v) is 18.4. The number of carbonyl (C=O) groups is 2. The number of nitrogens with one attached hydrogen (secondary N) is 2. The molecular formula is C21H27N5O4S. The van der Waals surface area contributed by atoms with E-state index in [0.29, 0.717) is 31.7 Å². The number of aromatic nitrogens is 1. The second-order valence-corrected chi connectivity index (χ2v) is 9.24. The number of benzene rings is 1. The summed E-state index contributed by atoms with van der Waals surface area (Å²) < 4.78 is 27.4. The minimum atomic E-state index is -3.67. The zero-order chi connectivity index (χ0) is 22.4. The Bertz CT molecular complexity index is 1010. The molecule has 1 atom stereocenters. The fourth-order valence-corrected chi connectivity index (χ4v) is 5.13. The van der Waals surface area contributed by atoms with E-state index in [9.17, 15) is 18.0 Å². The van der Waals surface area contributed by atoms with Gasteiger partial charge >= 0.3 is 6.03 Å². The standard InChI is InChI=1S/C21H27N5O4S/c1-3-26(16(2)27)19-10-12-25(15-19)31(29,30)20-8-6-18(7-9-20)24-21(28)23-14-17-5-4-11-22-13-17/h4-9,11,13,19H,3,10,12,14-15H2,1-2H3,(H2,23,24,28)/t19-/m0/s1. The van der Waals surface area contributed by atoms with Crippen molar-refractivity contribution in [3.63, 3.8) is 0 Å². The molecule has 0 radical (unpaired) electrons. The first kappa shape index (κ1) is 22.7. The molecule has 0 unspecified atom stereocenters.